The number of pyridine rings is 1. The number of aromatic nitrogens is 2. The molecule has 0 radical (unpaired) electrons. The number of ether oxygens (including phenoxy) is 1. The highest BCUT2D eigenvalue weighted by molar-refractivity contribution is 7.89. The minimum Gasteiger partial charge on any atom is -0.489 e. The second-order valence-corrected chi connectivity index (χ2v) is 10.4. The lowest BCUT2D eigenvalue weighted by molar-refractivity contribution is 0.0946. The van der Waals surface area contributed by atoms with Gasteiger partial charge in [-0.15, -0.1) is 11.3 Å². The molecule has 0 aliphatic heterocycles. The highest BCUT2D eigenvalue weighted by Gasteiger charge is 2.15. The fourth-order valence-electron chi connectivity index (χ4n) is 2.88. The zero-order chi connectivity index (χ0) is 24.9. The number of nitrogens with two attached hydrogens (primary N) is 1. The molecule has 3 rings (SSSR count). The van der Waals surface area contributed by atoms with Crippen LogP contribution >= 0.6 is 11.3 Å². The van der Waals surface area contributed by atoms with Gasteiger partial charge in [-0.05, 0) is 58.3 Å². The number of carbonyl (C=O) groups is 1. The second kappa shape index (κ2) is 10.9. The SMILES string of the molecule is CC(C)Oc1ccc(S(N)(=O)=O)cc1Nc1nc(-c2ccc(C(=O)NCCN(C)C)nc2)cs1. The summed E-state index contributed by atoms with van der Waals surface area (Å²) in [5, 5.41) is 13.6. The van der Waals surface area contributed by atoms with Gasteiger partial charge in [0, 0.05) is 30.2 Å². The molecule has 0 spiro atoms. The molecule has 4 N–H and O–H groups in total. The van der Waals surface area contributed by atoms with Crippen molar-refractivity contribution in [3.05, 3.63) is 47.6 Å². The minimum absolute atomic E-state index is 0.0356. The molecule has 0 fully saturated rings. The molecule has 2 aromatic heterocycles. The topological polar surface area (TPSA) is 140 Å². The second-order valence-electron chi connectivity index (χ2n) is 8.02. The summed E-state index contributed by atoms with van der Waals surface area (Å²) in [6, 6.07) is 7.80. The van der Waals surface area contributed by atoms with Crippen LogP contribution in [0, 0.1) is 0 Å². The first-order chi connectivity index (χ1) is 16.0. The van der Waals surface area contributed by atoms with E-state index in [4.69, 9.17) is 9.88 Å². The molecule has 0 saturated carbocycles. The van der Waals surface area contributed by atoms with Gasteiger partial charge in [-0.3, -0.25) is 9.78 Å². The van der Waals surface area contributed by atoms with E-state index in [2.05, 4.69) is 20.6 Å². The Kier molecular flexibility index (Phi) is 8.20. The van der Waals surface area contributed by atoms with Crippen LogP contribution in [0.3, 0.4) is 0 Å². The number of anilines is 2. The van der Waals surface area contributed by atoms with Crippen molar-refractivity contribution in [3.8, 4) is 17.0 Å². The Morgan fingerprint density at radius 2 is 2.00 bits per heavy atom. The van der Waals surface area contributed by atoms with Crippen molar-refractivity contribution in [2.24, 2.45) is 5.14 Å². The van der Waals surface area contributed by atoms with E-state index >= 15 is 0 Å². The van der Waals surface area contributed by atoms with Crippen LogP contribution in [0.25, 0.3) is 11.3 Å². The maximum Gasteiger partial charge on any atom is 0.269 e. The summed E-state index contributed by atoms with van der Waals surface area (Å²) in [5.74, 6) is 0.243. The lowest BCUT2D eigenvalue weighted by Crippen LogP contribution is -2.31. The zero-order valence-corrected chi connectivity index (χ0v) is 21.0. The number of hydrogen-bond acceptors (Lipinski definition) is 9. The molecule has 0 saturated heterocycles. The van der Waals surface area contributed by atoms with Crippen LogP contribution in [0.4, 0.5) is 10.8 Å². The predicted molar refractivity (Wildman–Crippen MR) is 133 cm³/mol. The van der Waals surface area contributed by atoms with Gasteiger partial charge in [0.25, 0.3) is 5.91 Å². The maximum atomic E-state index is 12.2. The maximum absolute atomic E-state index is 12.2. The van der Waals surface area contributed by atoms with Crippen molar-refractivity contribution in [3.63, 3.8) is 0 Å². The number of nitrogens with zero attached hydrogens (tertiary/aromatic N) is 3. The average molecular weight is 505 g/mol. The Morgan fingerprint density at radius 1 is 1.24 bits per heavy atom. The number of likely N-dealkylation sites (N-methyl/N-ethyl adjacent to an activating group) is 1. The largest absolute Gasteiger partial charge is 0.489 e. The van der Waals surface area contributed by atoms with Crippen LogP contribution in [0.5, 0.6) is 5.75 Å². The van der Waals surface area contributed by atoms with E-state index in [1.54, 1.807) is 24.4 Å². The van der Waals surface area contributed by atoms with E-state index in [9.17, 15) is 13.2 Å². The van der Waals surface area contributed by atoms with Crippen LogP contribution < -0.4 is 20.5 Å². The Morgan fingerprint density at radius 3 is 2.62 bits per heavy atom. The molecule has 0 atom stereocenters. The minimum atomic E-state index is -3.88. The van der Waals surface area contributed by atoms with Crippen molar-refractivity contribution in [2.45, 2.75) is 24.8 Å². The lowest BCUT2D eigenvalue weighted by atomic mass is 10.2. The van der Waals surface area contributed by atoms with E-state index in [-0.39, 0.29) is 16.9 Å². The van der Waals surface area contributed by atoms with Gasteiger partial charge in [0.05, 0.1) is 22.4 Å². The third-order valence-corrected chi connectivity index (χ3v) is 6.19. The fourth-order valence-corrected chi connectivity index (χ4v) is 4.15. The molecule has 1 amide bonds. The van der Waals surface area contributed by atoms with Crippen molar-refractivity contribution in [1.29, 1.82) is 0 Å². The number of benzene rings is 1. The molecule has 3 aromatic rings. The molecular formula is C22H28N6O4S2. The number of hydrogen-bond donors (Lipinski definition) is 3. The van der Waals surface area contributed by atoms with E-state index in [1.807, 2.05) is 38.2 Å². The number of nitrogens with one attached hydrogen (secondary N) is 2. The Bertz CT molecular complexity index is 1240. The first-order valence-corrected chi connectivity index (χ1v) is 12.9. The lowest BCUT2D eigenvalue weighted by Gasteiger charge is -2.15. The third kappa shape index (κ3) is 6.97. The number of sulfonamides is 1. The van der Waals surface area contributed by atoms with Crippen LogP contribution in [0.2, 0.25) is 0 Å². The third-order valence-electron chi connectivity index (χ3n) is 4.52. The summed E-state index contributed by atoms with van der Waals surface area (Å²) in [4.78, 5) is 23.0. The van der Waals surface area contributed by atoms with Crippen molar-refractivity contribution >= 4 is 38.1 Å². The Balaban J connectivity index is 1.76. The van der Waals surface area contributed by atoms with E-state index < -0.39 is 10.0 Å². The van der Waals surface area contributed by atoms with Crippen molar-refractivity contribution in [1.82, 2.24) is 20.2 Å². The number of primary sulfonamides is 1. The van der Waals surface area contributed by atoms with E-state index in [1.165, 1.54) is 23.5 Å². The molecule has 34 heavy (non-hydrogen) atoms. The highest BCUT2D eigenvalue weighted by atomic mass is 32.2. The van der Waals surface area contributed by atoms with Gasteiger partial charge in [-0.25, -0.2) is 18.5 Å². The highest BCUT2D eigenvalue weighted by Crippen LogP contribution is 2.33. The van der Waals surface area contributed by atoms with Crippen LogP contribution in [0.1, 0.15) is 24.3 Å². The first-order valence-electron chi connectivity index (χ1n) is 10.5. The Labute approximate surface area is 203 Å². The fraction of sp³-hybridized carbons (Fsp3) is 0.318. The summed E-state index contributed by atoms with van der Waals surface area (Å²) in [6.45, 7) is 5.02. The quantitative estimate of drug-likeness (QED) is 0.383. The predicted octanol–water partition coefficient (Wildman–Crippen LogP) is 2.67. The van der Waals surface area contributed by atoms with Gasteiger partial charge in [0.2, 0.25) is 10.0 Å². The molecule has 0 bridgehead atoms. The van der Waals surface area contributed by atoms with Gasteiger partial charge < -0.3 is 20.3 Å². The van der Waals surface area contributed by atoms with Crippen LogP contribution in [-0.2, 0) is 10.0 Å². The molecule has 0 unspecified atom stereocenters. The Hall–Kier alpha value is -3.06. The van der Waals surface area contributed by atoms with Gasteiger partial charge >= 0.3 is 0 Å². The molecule has 1 aromatic carbocycles. The normalized spacial score (nSPS) is 11.6. The van der Waals surface area contributed by atoms with Gasteiger partial charge in [-0.1, -0.05) is 0 Å². The monoisotopic (exact) mass is 504 g/mol. The van der Waals surface area contributed by atoms with Crippen molar-refractivity contribution < 1.29 is 17.9 Å². The van der Waals surface area contributed by atoms with Gasteiger partial charge in [0.1, 0.15) is 11.4 Å². The standard InChI is InChI=1S/C22H28N6O4S2/c1-14(2)32-20-8-6-16(34(23,30)31)11-18(20)26-22-27-19(13-33-22)15-5-7-17(25-12-15)21(29)24-9-10-28(3)4/h5-8,11-14H,9-10H2,1-4H3,(H,24,29)(H,26,27)(H2,23,30,31). The van der Waals surface area contributed by atoms with E-state index in [0.717, 1.165) is 12.1 Å². The smallest absolute Gasteiger partial charge is 0.269 e. The number of carbonyl (C=O) groups excluding carboxylic acids is 1. The summed E-state index contributed by atoms with van der Waals surface area (Å²) in [6.07, 6.45) is 1.48. The van der Waals surface area contributed by atoms with Crippen LogP contribution in [-0.4, -0.2) is 62.5 Å². The molecule has 0 aliphatic carbocycles. The molecule has 0 aliphatic rings. The zero-order valence-electron chi connectivity index (χ0n) is 19.4. The van der Waals surface area contributed by atoms with Crippen LogP contribution in [0.15, 0.2) is 46.8 Å². The number of amides is 1. The molecule has 12 heteroatoms. The van der Waals surface area contributed by atoms with Gasteiger partial charge in [0.15, 0.2) is 5.13 Å². The summed E-state index contributed by atoms with van der Waals surface area (Å²) >= 11 is 1.33. The molecule has 10 nitrogen and oxygen atoms in total. The van der Waals surface area contributed by atoms with Gasteiger partial charge in [-0.2, -0.15) is 0 Å². The number of thiazole rings is 1. The summed E-state index contributed by atoms with van der Waals surface area (Å²) < 4.78 is 29.3. The summed E-state index contributed by atoms with van der Waals surface area (Å²) in [7, 11) is -0.00666. The molecule has 182 valence electrons. The first kappa shape index (κ1) is 25.6. The number of rotatable bonds is 10. The summed E-state index contributed by atoms with van der Waals surface area (Å²) in [5.41, 5.74) is 2.16. The average Bonchev–Trinajstić information content (AvgIpc) is 3.22. The van der Waals surface area contributed by atoms with Crippen molar-refractivity contribution in [2.75, 3.05) is 32.5 Å². The molecular weight excluding hydrogens is 476 g/mol. The van der Waals surface area contributed by atoms with E-state index in [0.29, 0.717) is 34.5 Å². The molecule has 2 heterocycles.